The Hall–Kier alpha value is -5.11. The van der Waals surface area contributed by atoms with Crippen LogP contribution in [0.5, 0.6) is 11.5 Å². The Kier molecular flexibility index (Phi) is 6.92. The molecule has 1 aliphatic rings. The normalized spacial score (nSPS) is 17.5. The maximum absolute atomic E-state index is 14.3. The van der Waals surface area contributed by atoms with Crippen molar-refractivity contribution < 1.29 is 28.5 Å². The molecule has 0 saturated heterocycles. The number of carbonyl (C=O) groups excluding carboxylic acids is 2. The van der Waals surface area contributed by atoms with Gasteiger partial charge in [0.2, 0.25) is 5.43 Å². The van der Waals surface area contributed by atoms with Crippen LogP contribution in [0.1, 0.15) is 38.0 Å². The Bertz CT molecular complexity index is 2010. The summed E-state index contributed by atoms with van der Waals surface area (Å²) in [6.07, 6.45) is 0.846. The second kappa shape index (κ2) is 10.6. The van der Waals surface area contributed by atoms with E-state index in [1.54, 1.807) is 26.0 Å². The third-order valence-corrected chi connectivity index (χ3v) is 7.91. The van der Waals surface area contributed by atoms with Crippen LogP contribution in [0.4, 0.5) is 0 Å². The number of nitrogens with zero attached hydrogens (tertiary/aromatic N) is 1. The van der Waals surface area contributed by atoms with Crippen molar-refractivity contribution in [2.24, 2.45) is 7.05 Å². The van der Waals surface area contributed by atoms with Crippen molar-refractivity contribution in [2.75, 3.05) is 7.11 Å². The van der Waals surface area contributed by atoms with E-state index in [0.29, 0.717) is 38.9 Å². The van der Waals surface area contributed by atoms with E-state index < -0.39 is 29.7 Å². The number of methoxy groups -OCH3 is 1. The lowest BCUT2D eigenvalue weighted by Crippen LogP contribution is -2.52. The summed E-state index contributed by atoms with van der Waals surface area (Å²) in [5.74, 6) is -0.518. The van der Waals surface area contributed by atoms with E-state index in [4.69, 9.17) is 18.9 Å². The highest BCUT2D eigenvalue weighted by atomic mass is 16.6. The number of pyridine rings is 1. The SMILES string of the molecule is COc1cc2c(c3c1c(=O)c1c4ccccc4ccc1n3C)C(OC(C)=O)C(OC(=O)/C=C/c1ccccc1)C(C)(C)O2. The van der Waals surface area contributed by atoms with E-state index in [2.05, 4.69) is 0 Å². The summed E-state index contributed by atoms with van der Waals surface area (Å²) in [6, 6.07) is 22.5. The number of esters is 2. The zero-order valence-electron chi connectivity index (χ0n) is 24.5. The zero-order chi connectivity index (χ0) is 30.5. The summed E-state index contributed by atoms with van der Waals surface area (Å²) in [7, 11) is 3.34. The van der Waals surface area contributed by atoms with Gasteiger partial charge in [-0.2, -0.15) is 0 Å². The molecule has 8 nitrogen and oxygen atoms in total. The van der Waals surface area contributed by atoms with Crippen LogP contribution in [0, 0.1) is 0 Å². The molecule has 218 valence electrons. The summed E-state index contributed by atoms with van der Waals surface area (Å²) in [4.78, 5) is 40.0. The fourth-order valence-corrected chi connectivity index (χ4v) is 6.00. The summed E-state index contributed by atoms with van der Waals surface area (Å²) in [5.41, 5.74) is 1.04. The summed E-state index contributed by atoms with van der Waals surface area (Å²) in [5, 5.41) is 2.60. The minimum absolute atomic E-state index is 0.231. The van der Waals surface area contributed by atoms with Gasteiger partial charge in [0.25, 0.3) is 0 Å². The molecule has 43 heavy (non-hydrogen) atoms. The molecule has 0 bridgehead atoms. The molecule has 2 heterocycles. The molecule has 0 radical (unpaired) electrons. The first-order chi connectivity index (χ1) is 20.6. The van der Waals surface area contributed by atoms with E-state index in [-0.39, 0.29) is 5.43 Å². The van der Waals surface area contributed by atoms with Gasteiger partial charge in [-0.15, -0.1) is 0 Å². The molecule has 1 aliphatic heterocycles. The highest BCUT2D eigenvalue weighted by molar-refractivity contribution is 6.11. The van der Waals surface area contributed by atoms with Crippen molar-refractivity contribution in [2.45, 2.75) is 38.6 Å². The molecule has 0 saturated carbocycles. The number of hydrogen-bond acceptors (Lipinski definition) is 7. The van der Waals surface area contributed by atoms with Crippen molar-refractivity contribution in [3.63, 3.8) is 0 Å². The standard InChI is InChI=1S/C35H31NO7/c1-20(37)41-33-30-26(43-35(2,3)34(33)42-27(38)18-15-21-11-7-6-8-12-21)19-25(40-5)29-31(30)36(4)24-17-16-22-13-9-10-14-23(22)28(24)32(29)39/h6-19,33-34H,1-5H3/b18-15+. The molecule has 5 aromatic rings. The van der Waals surface area contributed by atoms with Gasteiger partial charge in [-0.05, 0) is 42.3 Å². The number of fused-ring (bicyclic) bond motifs is 6. The average Bonchev–Trinajstić information content (AvgIpc) is 2.99. The number of aromatic nitrogens is 1. The van der Waals surface area contributed by atoms with E-state index in [9.17, 15) is 14.4 Å². The third-order valence-electron chi connectivity index (χ3n) is 7.91. The van der Waals surface area contributed by atoms with Crippen molar-refractivity contribution in [3.05, 3.63) is 100 Å². The van der Waals surface area contributed by atoms with Crippen LogP contribution in [-0.4, -0.2) is 35.3 Å². The summed E-state index contributed by atoms with van der Waals surface area (Å²) >= 11 is 0. The number of hydrogen-bond donors (Lipinski definition) is 0. The van der Waals surface area contributed by atoms with Gasteiger partial charge in [0, 0.05) is 26.1 Å². The zero-order valence-corrected chi connectivity index (χ0v) is 24.5. The van der Waals surface area contributed by atoms with Crippen molar-refractivity contribution in [1.82, 2.24) is 4.57 Å². The minimum Gasteiger partial charge on any atom is -0.496 e. The van der Waals surface area contributed by atoms with Gasteiger partial charge in [-0.3, -0.25) is 9.59 Å². The number of ether oxygens (including phenoxy) is 4. The molecule has 0 N–H and O–H groups in total. The molecular formula is C35H31NO7. The molecule has 8 heteroatoms. The molecule has 2 unspecified atom stereocenters. The van der Waals surface area contributed by atoms with Crippen LogP contribution < -0.4 is 14.9 Å². The van der Waals surface area contributed by atoms with Crippen LogP contribution in [0.3, 0.4) is 0 Å². The van der Waals surface area contributed by atoms with E-state index in [1.165, 1.54) is 20.1 Å². The van der Waals surface area contributed by atoms with Gasteiger partial charge in [0.05, 0.1) is 34.5 Å². The van der Waals surface area contributed by atoms with Gasteiger partial charge >= 0.3 is 11.9 Å². The van der Waals surface area contributed by atoms with E-state index >= 15 is 0 Å². The molecule has 4 aromatic carbocycles. The topological polar surface area (TPSA) is 93.1 Å². The Labute approximate surface area is 248 Å². The van der Waals surface area contributed by atoms with Gasteiger partial charge in [-0.25, -0.2) is 4.79 Å². The maximum atomic E-state index is 14.3. The first-order valence-electron chi connectivity index (χ1n) is 14.0. The van der Waals surface area contributed by atoms with Gasteiger partial charge in [-0.1, -0.05) is 60.7 Å². The Morgan fingerprint density at radius 2 is 1.67 bits per heavy atom. The number of aryl methyl sites for hydroxylation is 1. The molecule has 1 aromatic heterocycles. The fourth-order valence-electron chi connectivity index (χ4n) is 6.00. The molecule has 0 fully saturated rings. The van der Waals surface area contributed by atoms with Crippen LogP contribution >= 0.6 is 0 Å². The Balaban J connectivity index is 1.59. The van der Waals surface area contributed by atoms with E-state index in [1.807, 2.05) is 78.3 Å². The van der Waals surface area contributed by atoms with E-state index in [0.717, 1.165) is 16.3 Å². The lowest BCUT2D eigenvalue weighted by atomic mass is 9.86. The molecule has 0 spiro atoms. The molecular weight excluding hydrogens is 546 g/mol. The minimum atomic E-state index is -1.12. The Morgan fingerprint density at radius 3 is 2.40 bits per heavy atom. The molecule has 6 rings (SSSR count). The summed E-state index contributed by atoms with van der Waals surface area (Å²) in [6.45, 7) is 4.81. The van der Waals surface area contributed by atoms with Crippen LogP contribution in [0.15, 0.2) is 83.7 Å². The van der Waals surface area contributed by atoms with Gasteiger partial charge < -0.3 is 23.5 Å². The Morgan fingerprint density at radius 1 is 0.953 bits per heavy atom. The predicted molar refractivity (Wildman–Crippen MR) is 165 cm³/mol. The first-order valence-corrected chi connectivity index (χ1v) is 14.0. The lowest BCUT2D eigenvalue weighted by molar-refractivity contribution is -0.185. The fraction of sp³-hybridized carbons (Fsp3) is 0.229. The van der Waals surface area contributed by atoms with Crippen molar-refractivity contribution >= 4 is 50.6 Å². The average molecular weight is 578 g/mol. The number of benzene rings is 4. The highest BCUT2D eigenvalue weighted by Crippen LogP contribution is 2.49. The monoisotopic (exact) mass is 577 g/mol. The van der Waals surface area contributed by atoms with Gasteiger partial charge in [0.1, 0.15) is 17.1 Å². The molecule has 0 aliphatic carbocycles. The smallest absolute Gasteiger partial charge is 0.331 e. The van der Waals surface area contributed by atoms with Crippen LogP contribution in [-0.2, 0) is 26.1 Å². The molecule has 2 atom stereocenters. The van der Waals surface area contributed by atoms with Crippen molar-refractivity contribution in [1.29, 1.82) is 0 Å². The van der Waals surface area contributed by atoms with Crippen LogP contribution in [0.25, 0.3) is 38.7 Å². The number of rotatable bonds is 5. The third kappa shape index (κ3) is 4.78. The quantitative estimate of drug-likeness (QED) is 0.105. The van der Waals surface area contributed by atoms with Crippen LogP contribution in [0.2, 0.25) is 0 Å². The second-order valence-electron chi connectivity index (χ2n) is 11.1. The summed E-state index contributed by atoms with van der Waals surface area (Å²) < 4.78 is 26.0. The lowest BCUT2D eigenvalue weighted by Gasteiger charge is -2.43. The number of carbonyl (C=O) groups is 2. The molecule has 0 amide bonds. The first kappa shape index (κ1) is 28.0. The highest BCUT2D eigenvalue weighted by Gasteiger charge is 2.50. The predicted octanol–water partition coefficient (Wildman–Crippen LogP) is 6.25. The largest absolute Gasteiger partial charge is 0.496 e. The van der Waals surface area contributed by atoms with Gasteiger partial charge in [0.15, 0.2) is 12.2 Å². The maximum Gasteiger partial charge on any atom is 0.331 e. The van der Waals surface area contributed by atoms with Crippen molar-refractivity contribution in [3.8, 4) is 11.5 Å². The second-order valence-corrected chi connectivity index (χ2v) is 11.1.